The number of nitrogens with two attached hydrogens (primary N) is 1. The summed E-state index contributed by atoms with van der Waals surface area (Å²) in [6, 6.07) is 3.40. The fourth-order valence-corrected chi connectivity index (χ4v) is 0.974. The Morgan fingerprint density at radius 3 is 2.80 bits per heavy atom. The average molecular weight is 212 g/mol. The van der Waals surface area contributed by atoms with Crippen molar-refractivity contribution in [1.29, 1.82) is 0 Å². The van der Waals surface area contributed by atoms with E-state index in [9.17, 15) is 9.18 Å². The zero-order valence-corrected chi connectivity index (χ0v) is 8.58. The molecule has 0 heterocycles. The summed E-state index contributed by atoms with van der Waals surface area (Å²) in [5.41, 5.74) is 5.41. The van der Waals surface area contributed by atoms with Gasteiger partial charge in [0, 0.05) is 6.07 Å². The molecule has 0 radical (unpaired) electrons. The van der Waals surface area contributed by atoms with Crippen molar-refractivity contribution in [1.82, 2.24) is 0 Å². The molecule has 0 bridgehead atoms. The van der Waals surface area contributed by atoms with Crippen molar-refractivity contribution in [3.63, 3.8) is 0 Å². The first-order chi connectivity index (χ1) is 7.04. The molecule has 0 fully saturated rings. The van der Waals surface area contributed by atoms with E-state index in [1.54, 1.807) is 0 Å². The molecule has 5 heteroatoms. The van der Waals surface area contributed by atoms with Gasteiger partial charge in [0.15, 0.2) is 0 Å². The summed E-state index contributed by atoms with van der Waals surface area (Å²) in [5.74, 6) is -0.497. The first-order valence-electron chi connectivity index (χ1n) is 4.44. The summed E-state index contributed by atoms with van der Waals surface area (Å²) in [5, 5.41) is 2.37. The third-order valence-corrected chi connectivity index (χ3v) is 1.84. The number of nitrogens with one attached hydrogen (secondary N) is 1. The fraction of sp³-hybridized carbons (Fsp3) is 0.300. The molecule has 82 valence electrons. The van der Waals surface area contributed by atoms with Crippen molar-refractivity contribution in [3.05, 3.63) is 24.0 Å². The second-order valence-corrected chi connectivity index (χ2v) is 3.12. The SMILES string of the molecule is COc1ccc(F)c(NC(=O)C(C)N)c1. The Balaban J connectivity index is 2.88. The predicted octanol–water partition coefficient (Wildman–Crippen LogP) is 1.12. The summed E-state index contributed by atoms with van der Waals surface area (Å²) in [6.45, 7) is 1.52. The maximum Gasteiger partial charge on any atom is 0.241 e. The van der Waals surface area contributed by atoms with Crippen molar-refractivity contribution in [3.8, 4) is 5.75 Å². The van der Waals surface area contributed by atoms with E-state index in [0.717, 1.165) is 0 Å². The Morgan fingerprint density at radius 1 is 1.60 bits per heavy atom. The first-order valence-corrected chi connectivity index (χ1v) is 4.44. The lowest BCUT2D eigenvalue weighted by atomic mass is 10.2. The van der Waals surface area contributed by atoms with Gasteiger partial charge in [0.2, 0.25) is 5.91 Å². The normalized spacial score (nSPS) is 12.0. The Kier molecular flexibility index (Phi) is 3.62. The Morgan fingerprint density at radius 2 is 2.27 bits per heavy atom. The molecule has 1 amide bonds. The molecule has 1 unspecified atom stereocenters. The molecule has 0 saturated carbocycles. The number of anilines is 1. The molecular formula is C10H13FN2O2. The van der Waals surface area contributed by atoms with Crippen molar-refractivity contribution < 1.29 is 13.9 Å². The van der Waals surface area contributed by atoms with Gasteiger partial charge in [-0.1, -0.05) is 0 Å². The standard InChI is InChI=1S/C10H13FN2O2/c1-6(12)10(14)13-9-5-7(15-2)3-4-8(9)11/h3-6H,12H2,1-2H3,(H,13,14). The van der Waals surface area contributed by atoms with Crippen LogP contribution in [0.5, 0.6) is 5.75 Å². The minimum absolute atomic E-state index is 0.0663. The van der Waals surface area contributed by atoms with Crippen LogP contribution in [0.25, 0.3) is 0 Å². The van der Waals surface area contributed by atoms with Crippen molar-refractivity contribution in [2.24, 2.45) is 5.73 Å². The van der Waals surface area contributed by atoms with Crippen LogP contribution in [0.4, 0.5) is 10.1 Å². The number of benzene rings is 1. The number of methoxy groups -OCH3 is 1. The highest BCUT2D eigenvalue weighted by molar-refractivity contribution is 5.94. The van der Waals surface area contributed by atoms with Gasteiger partial charge >= 0.3 is 0 Å². The Bertz CT molecular complexity index is 366. The second-order valence-electron chi connectivity index (χ2n) is 3.12. The molecule has 3 N–H and O–H groups in total. The van der Waals surface area contributed by atoms with Crippen molar-refractivity contribution in [2.45, 2.75) is 13.0 Å². The topological polar surface area (TPSA) is 64.3 Å². The zero-order chi connectivity index (χ0) is 11.4. The average Bonchev–Trinajstić information content (AvgIpc) is 2.21. The van der Waals surface area contributed by atoms with E-state index in [4.69, 9.17) is 10.5 Å². The maximum atomic E-state index is 13.2. The smallest absolute Gasteiger partial charge is 0.241 e. The molecule has 0 aliphatic carbocycles. The van der Waals surface area contributed by atoms with Crippen LogP contribution in [0.1, 0.15) is 6.92 Å². The van der Waals surface area contributed by atoms with E-state index < -0.39 is 17.8 Å². The van der Waals surface area contributed by atoms with Crippen LogP contribution in [-0.2, 0) is 4.79 Å². The van der Waals surface area contributed by atoms with Gasteiger partial charge in [-0.3, -0.25) is 4.79 Å². The lowest BCUT2D eigenvalue weighted by molar-refractivity contribution is -0.117. The van der Waals surface area contributed by atoms with Crippen LogP contribution in [0.2, 0.25) is 0 Å². The van der Waals surface area contributed by atoms with Crippen LogP contribution in [-0.4, -0.2) is 19.1 Å². The summed E-state index contributed by atoms with van der Waals surface area (Å²) in [7, 11) is 1.46. The van der Waals surface area contributed by atoms with Gasteiger partial charge in [-0.25, -0.2) is 4.39 Å². The number of carbonyl (C=O) groups is 1. The molecule has 0 aliphatic rings. The summed E-state index contributed by atoms with van der Waals surface area (Å²) in [4.78, 5) is 11.2. The maximum absolute atomic E-state index is 13.2. The van der Waals surface area contributed by atoms with Crippen molar-refractivity contribution in [2.75, 3.05) is 12.4 Å². The van der Waals surface area contributed by atoms with Gasteiger partial charge in [-0.15, -0.1) is 0 Å². The van der Waals surface area contributed by atoms with Crippen molar-refractivity contribution >= 4 is 11.6 Å². The largest absolute Gasteiger partial charge is 0.497 e. The van der Waals surface area contributed by atoms with Gasteiger partial charge in [-0.2, -0.15) is 0 Å². The van der Waals surface area contributed by atoms with Gasteiger partial charge in [0.1, 0.15) is 11.6 Å². The summed E-state index contributed by atoms with van der Waals surface area (Å²) < 4.78 is 18.1. The zero-order valence-electron chi connectivity index (χ0n) is 8.58. The molecule has 1 aromatic carbocycles. The van der Waals surface area contributed by atoms with E-state index in [1.807, 2.05) is 0 Å². The van der Waals surface area contributed by atoms with Gasteiger partial charge in [0.05, 0.1) is 18.8 Å². The number of hydrogen-bond donors (Lipinski definition) is 2. The quantitative estimate of drug-likeness (QED) is 0.789. The lowest BCUT2D eigenvalue weighted by Crippen LogP contribution is -2.32. The van der Waals surface area contributed by atoms with Gasteiger partial charge < -0.3 is 15.8 Å². The molecule has 0 aromatic heterocycles. The van der Waals surface area contributed by atoms with Gasteiger partial charge in [0.25, 0.3) is 0 Å². The summed E-state index contributed by atoms with van der Waals surface area (Å²) >= 11 is 0. The fourth-order valence-electron chi connectivity index (χ4n) is 0.974. The van der Waals surface area contributed by atoms with E-state index in [-0.39, 0.29) is 5.69 Å². The minimum atomic E-state index is -0.685. The third kappa shape index (κ3) is 2.92. The molecule has 4 nitrogen and oxygen atoms in total. The molecule has 1 aromatic rings. The number of hydrogen-bond acceptors (Lipinski definition) is 3. The number of amides is 1. The lowest BCUT2D eigenvalue weighted by Gasteiger charge is -2.09. The highest BCUT2D eigenvalue weighted by atomic mass is 19.1. The predicted molar refractivity (Wildman–Crippen MR) is 55.2 cm³/mol. The minimum Gasteiger partial charge on any atom is -0.497 e. The van der Waals surface area contributed by atoms with Crippen LogP contribution < -0.4 is 15.8 Å². The Hall–Kier alpha value is -1.62. The van der Waals surface area contributed by atoms with E-state index in [1.165, 1.54) is 32.2 Å². The second kappa shape index (κ2) is 4.75. The molecule has 1 rings (SSSR count). The van der Waals surface area contributed by atoms with Crippen LogP contribution in [0.15, 0.2) is 18.2 Å². The van der Waals surface area contributed by atoms with Crippen LogP contribution in [0, 0.1) is 5.82 Å². The number of ether oxygens (including phenoxy) is 1. The molecule has 0 aliphatic heterocycles. The van der Waals surface area contributed by atoms with Crippen LogP contribution >= 0.6 is 0 Å². The van der Waals surface area contributed by atoms with Gasteiger partial charge in [-0.05, 0) is 19.1 Å². The molecule has 1 atom stereocenters. The van der Waals surface area contributed by atoms with E-state index in [0.29, 0.717) is 5.75 Å². The monoisotopic (exact) mass is 212 g/mol. The number of carbonyl (C=O) groups excluding carboxylic acids is 1. The number of halogens is 1. The first kappa shape index (κ1) is 11.5. The summed E-state index contributed by atoms with van der Waals surface area (Å²) in [6.07, 6.45) is 0. The number of rotatable bonds is 3. The highest BCUT2D eigenvalue weighted by Gasteiger charge is 2.11. The molecule has 0 spiro atoms. The molecule has 15 heavy (non-hydrogen) atoms. The molecule has 0 saturated heterocycles. The van der Waals surface area contributed by atoms with E-state index >= 15 is 0 Å². The Labute approximate surface area is 87.2 Å². The van der Waals surface area contributed by atoms with E-state index in [2.05, 4.69) is 5.32 Å². The highest BCUT2D eigenvalue weighted by Crippen LogP contribution is 2.20. The third-order valence-electron chi connectivity index (χ3n) is 1.84. The molecular weight excluding hydrogens is 199 g/mol. The van der Waals surface area contributed by atoms with Crippen LogP contribution in [0.3, 0.4) is 0 Å².